The largest absolute Gasteiger partial charge is 0.312 e. The molecule has 0 unspecified atom stereocenters. The van der Waals surface area contributed by atoms with Crippen LogP contribution in [0.15, 0.2) is 40.1 Å². The van der Waals surface area contributed by atoms with E-state index in [1.165, 1.54) is 36.1 Å². The van der Waals surface area contributed by atoms with Crippen molar-refractivity contribution >= 4 is 49.8 Å². The number of hydrogen-bond donors (Lipinski definition) is 1. The fourth-order valence-corrected chi connectivity index (χ4v) is 5.47. The predicted molar refractivity (Wildman–Crippen MR) is 104 cm³/mol. The van der Waals surface area contributed by atoms with E-state index in [1.807, 2.05) is 0 Å². The second kappa shape index (κ2) is 7.77. The van der Waals surface area contributed by atoms with Crippen LogP contribution in [0.3, 0.4) is 0 Å². The van der Waals surface area contributed by atoms with E-state index in [4.69, 9.17) is 0 Å². The molecule has 1 N–H and O–H groups in total. The number of sulfonamides is 1. The highest BCUT2D eigenvalue weighted by Crippen LogP contribution is 2.31. The van der Waals surface area contributed by atoms with Gasteiger partial charge < -0.3 is 4.90 Å². The van der Waals surface area contributed by atoms with E-state index in [-0.39, 0.29) is 15.9 Å². The number of carbonyl (C=O) groups is 1. The van der Waals surface area contributed by atoms with Crippen LogP contribution in [0, 0.1) is 0 Å². The molecular formula is C16H18N4O3S3. The summed E-state index contributed by atoms with van der Waals surface area (Å²) in [6.45, 7) is 5.80. The topological polar surface area (TPSA) is 92.3 Å². The summed E-state index contributed by atoms with van der Waals surface area (Å²) >= 11 is 2.62. The Morgan fingerprint density at radius 3 is 3.00 bits per heavy atom. The summed E-state index contributed by atoms with van der Waals surface area (Å²) in [7, 11) is -3.77. The van der Waals surface area contributed by atoms with Gasteiger partial charge in [-0.25, -0.2) is 8.42 Å². The second-order valence-corrected chi connectivity index (χ2v) is 9.57. The van der Waals surface area contributed by atoms with E-state index in [2.05, 4.69) is 21.5 Å². The van der Waals surface area contributed by atoms with Gasteiger partial charge in [0.05, 0.1) is 4.90 Å². The maximum atomic E-state index is 12.7. The van der Waals surface area contributed by atoms with Crippen LogP contribution in [0.4, 0.5) is 10.8 Å². The number of amides is 1. The average Bonchev–Trinajstić information content (AvgIpc) is 3.05. The summed E-state index contributed by atoms with van der Waals surface area (Å²) < 4.78 is 28.4. The van der Waals surface area contributed by atoms with Gasteiger partial charge in [-0.3, -0.25) is 9.52 Å². The quantitative estimate of drug-likeness (QED) is 0.581. The van der Waals surface area contributed by atoms with Gasteiger partial charge in [-0.15, -0.1) is 16.8 Å². The molecule has 0 saturated heterocycles. The molecule has 0 spiro atoms. The molecule has 0 atom stereocenters. The highest BCUT2D eigenvalue weighted by molar-refractivity contribution is 8.01. The summed E-state index contributed by atoms with van der Waals surface area (Å²) in [5, 5.41) is 8.04. The lowest BCUT2D eigenvalue weighted by Gasteiger charge is -2.28. The Bertz CT molecular complexity index is 940. The molecule has 1 aliphatic heterocycles. The molecule has 0 saturated carbocycles. The monoisotopic (exact) mass is 410 g/mol. The number of thioether (sulfide) groups is 1. The number of aromatic nitrogens is 2. The van der Waals surface area contributed by atoms with Crippen LogP contribution < -0.4 is 9.62 Å². The third-order valence-electron chi connectivity index (χ3n) is 3.81. The zero-order chi connectivity index (χ0) is 18.7. The fourth-order valence-electron chi connectivity index (χ4n) is 2.68. The molecule has 1 amide bonds. The van der Waals surface area contributed by atoms with Gasteiger partial charge in [0.1, 0.15) is 0 Å². The lowest BCUT2D eigenvalue weighted by atomic mass is 10.0. The molecule has 0 aliphatic carbocycles. The number of anilines is 2. The Morgan fingerprint density at radius 1 is 1.46 bits per heavy atom. The first-order valence-corrected chi connectivity index (χ1v) is 11.2. The van der Waals surface area contributed by atoms with Crippen LogP contribution in [0.25, 0.3) is 0 Å². The number of aryl methyl sites for hydroxylation is 1. The Balaban J connectivity index is 1.82. The molecule has 1 aromatic carbocycles. The van der Waals surface area contributed by atoms with Crippen molar-refractivity contribution in [3.05, 3.63) is 36.4 Å². The molecule has 2 heterocycles. The van der Waals surface area contributed by atoms with Crippen LogP contribution >= 0.6 is 23.1 Å². The Kier molecular flexibility index (Phi) is 5.64. The standard InChI is InChI=1S/C16H18N4O3S3/c1-3-9-24-16-18-17-15(25-16)19-26(22,23)13-6-7-14-12(10-13)5-4-8-20(14)11(2)21/h3,6-7,10H,1,4-5,8-9H2,2H3,(H,17,19). The maximum absolute atomic E-state index is 12.7. The normalized spacial score (nSPS) is 14.0. The van der Waals surface area contributed by atoms with Gasteiger partial charge in [0, 0.05) is 24.9 Å². The molecule has 0 fully saturated rings. The highest BCUT2D eigenvalue weighted by Gasteiger charge is 2.23. The summed E-state index contributed by atoms with van der Waals surface area (Å²) in [5.74, 6) is 0.636. The van der Waals surface area contributed by atoms with Crippen molar-refractivity contribution in [3.8, 4) is 0 Å². The van der Waals surface area contributed by atoms with Crippen LogP contribution in [0.1, 0.15) is 18.9 Å². The molecule has 2 aromatic rings. The molecule has 1 aliphatic rings. The van der Waals surface area contributed by atoms with Gasteiger partial charge in [-0.2, -0.15) is 0 Å². The average molecular weight is 411 g/mol. The van der Waals surface area contributed by atoms with Gasteiger partial charge in [0.2, 0.25) is 11.0 Å². The van der Waals surface area contributed by atoms with E-state index < -0.39 is 10.0 Å². The van der Waals surface area contributed by atoms with Gasteiger partial charge in [0.15, 0.2) is 4.34 Å². The van der Waals surface area contributed by atoms with E-state index in [1.54, 1.807) is 23.1 Å². The van der Waals surface area contributed by atoms with Gasteiger partial charge in [0.25, 0.3) is 10.0 Å². The number of nitrogens with one attached hydrogen (secondary N) is 1. The number of fused-ring (bicyclic) bond motifs is 1. The van der Waals surface area contributed by atoms with Crippen molar-refractivity contribution in [1.29, 1.82) is 0 Å². The minimum Gasteiger partial charge on any atom is -0.312 e. The molecule has 0 radical (unpaired) electrons. The SMILES string of the molecule is C=CCSc1nnc(NS(=O)(=O)c2ccc3c(c2)CCCN3C(C)=O)s1. The van der Waals surface area contributed by atoms with Gasteiger partial charge in [-0.1, -0.05) is 29.2 Å². The van der Waals surface area contributed by atoms with Crippen molar-refractivity contribution in [2.24, 2.45) is 0 Å². The Labute approximate surface area is 160 Å². The fraction of sp³-hybridized carbons (Fsp3) is 0.312. The Morgan fingerprint density at radius 2 is 2.27 bits per heavy atom. The maximum Gasteiger partial charge on any atom is 0.263 e. The first-order valence-electron chi connectivity index (χ1n) is 7.92. The van der Waals surface area contributed by atoms with Crippen LogP contribution in [0.2, 0.25) is 0 Å². The number of hydrogen-bond acceptors (Lipinski definition) is 7. The molecule has 1 aromatic heterocycles. The van der Waals surface area contributed by atoms with E-state index >= 15 is 0 Å². The van der Waals surface area contributed by atoms with Gasteiger partial charge >= 0.3 is 0 Å². The van der Waals surface area contributed by atoms with E-state index in [0.29, 0.717) is 16.6 Å². The number of benzene rings is 1. The van der Waals surface area contributed by atoms with Crippen molar-refractivity contribution in [2.45, 2.75) is 29.0 Å². The van der Waals surface area contributed by atoms with Crippen LogP contribution in [0.5, 0.6) is 0 Å². The number of nitrogens with zero attached hydrogens (tertiary/aromatic N) is 3. The van der Waals surface area contributed by atoms with Crippen molar-refractivity contribution in [3.63, 3.8) is 0 Å². The molecule has 7 nitrogen and oxygen atoms in total. The minimum absolute atomic E-state index is 0.0434. The first-order chi connectivity index (χ1) is 12.4. The number of carbonyl (C=O) groups excluding carboxylic acids is 1. The van der Waals surface area contributed by atoms with E-state index in [9.17, 15) is 13.2 Å². The molecular weight excluding hydrogens is 392 g/mol. The smallest absolute Gasteiger partial charge is 0.263 e. The third-order valence-corrected chi connectivity index (χ3v) is 7.25. The van der Waals surface area contributed by atoms with Crippen molar-refractivity contribution < 1.29 is 13.2 Å². The molecule has 0 bridgehead atoms. The minimum atomic E-state index is -3.77. The molecule has 26 heavy (non-hydrogen) atoms. The molecule has 138 valence electrons. The van der Waals surface area contributed by atoms with Crippen molar-refractivity contribution in [2.75, 3.05) is 21.9 Å². The second-order valence-electron chi connectivity index (χ2n) is 5.64. The Hall–Kier alpha value is -1.91. The summed E-state index contributed by atoms with van der Waals surface area (Å²) in [6, 6.07) is 4.83. The predicted octanol–water partition coefficient (Wildman–Crippen LogP) is 2.92. The molecule has 10 heteroatoms. The van der Waals surface area contributed by atoms with E-state index in [0.717, 1.165) is 24.1 Å². The third kappa shape index (κ3) is 4.08. The van der Waals surface area contributed by atoms with Gasteiger partial charge in [-0.05, 0) is 36.6 Å². The summed E-state index contributed by atoms with van der Waals surface area (Å²) in [5.41, 5.74) is 1.63. The number of rotatable bonds is 6. The van der Waals surface area contributed by atoms with Crippen LogP contribution in [-0.4, -0.2) is 36.8 Å². The summed E-state index contributed by atoms with van der Waals surface area (Å²) in [6.07, 6.45) is 3.29. The molecule has 3 rings (SSSR count). The lowest BCUT2D eigenvalue weighted by Crippen LogP contribution is -2.33. The zero-order valence-electron chi connectivity index (χ0n) is 14.1. The van der Waals surface area contributed by atoms with Crippen molar-refractivity contribution in [1.82, 2.24) is 10.2 Å². The van der Waals surface area contributed by atoms with Crippen LogP contribution in [-0.2, 0) is 21.2 Å². The lowest BCUT2D eigenvalue weighted by molar-refractivity contribution is -0.116. The first kappa shape index (κ1) is 18.9. The summed E-state index contributed by atoms with van der Waals surface area (Å²) in [4.78, 5) is 13.6. The highest BCUT2D eigenvalue weighted by atomic mass is 32.2. The zero-order valence-corrected chi connectivity index (χ0v) is 16.6.